The summed E-state index contributed by atoms with van der Waals surface area (Å²) in [6.45, 7) is 4.47. The normalized spacial score (nSPS) is 10.1. The average molecular weight is 456 g/mol. The zero-order chi connectivity index (χ0) is 24.5. The summed E-state index contributed by atoms with van der Waals surface area (Å²) in [5.41, 5.74) is 2.74. The van der Waals surface area contributed by atoms with Crippen LogP contribution >= 0.6 is 0 Å². The summed E-state index contributed by atoms with van der Waals surface area (Å²) in [6, 6.07) is 22.5. The third-order valence-electron chi connectivity index (χ3n) is 5.26. The molecule has 0 aromatic heterocycles. The Morgan fingerprint density at radius 2 is 1.59 bits per heavy atom. The number of rotatable bonds is 8. The molecule has 0 saturated heterocycles. The summed E-state index contributed by atoms with van der Waals surface area (Å²) in [4.78, 5) is 39.4. The molecule has 0 heterocycles. The average Bonchev–Trinajstić information content (AvgIpc) is 2.88. The monoisotopic (exact) mass is 455 g/mol. The van der Waals surface area contributed by atoms with E-state index in [0.29, 0.717) is 41.0 Å². The lowest BCUT2D eigenvalue weighted by Crippen LogP contribution is -2.30. The third kappa shape index (κ3) is 5.67. The summed E-state index contributed by atoms with van der Waals surface area (Å²) in [5, 5.41) is 12.0. The molecule has 0 spiro atoms. The predicted molar refractivity (Wildman–Crippen MR) is 129 cm³/mol. The quantitative estimate of drug-likeness (QED) is 0.504. The van der Waals surface area contributed by atoms with Crippen molar-refractivity contribution in [3.8, 4) is 17.2 Å². The standard InChI is InChI=1S/C27H25N3O4/c1-3-30(4-2)26(32)19-11-9-12-21(16-19)29-25(31)18-34-27(33)24-15-8-7-14-23(24)22-13-6-5-10-20(22)17-28/h5-16H,3-4,18H2,1-2H3,(H,29,31). The van der Waals surface area contributed by atoms with Crippen LogP contribution in [0.15, 0.2) is 72.8 Å². The fourth-order valence-corrected chi connectivity index (χ4v) is 3.54. The van der Waals surface area contributed by atoms with Gasteiger partial charge in [-0.05, 0) is 49.7 Å². The van der Waals surface area contributed by atoms with E-state index < -0.39 is 18.5 Å². The molecule has 0 unspecified atom stereocenters. The largest absolute Gasteiger partial charge is 0.452 e. The number of benzene rings is 3. The molecular formula is C27H25N3O4. The highest BCUT2D eigenvalue weighted by Crippen LogP contribution is 2.27. The summed E-state index contributed by atoms with van der Waals surface area (Å²) in [7, 11) is 0. The van der Waals surface area contributed by atoms with Crippen molar-refractivity contribution in [3.63, 3.8) is 0 Å². The Morgan fingerprint density at radius 1 is 0.912 bits per heavy atom. The number of hydrogen-bond acceptors (Lipinski definition) is 5. The van der Waals surface area contributed by atoms with Gasteiger partial charge in [-0.25, -0.2) is 4.79 Å². The lowest BCUT2D eigenvalue weighted by Gasteiger charge is -2.19. The van der Waals surface area contributed by atoms with Crippen molar-refractivity contribution in [2.45, 2.75) is 13.8 Å². The van der Waals surface area contributed by atoms with Crippen molar-refractivity contribution in [3.05, 3.63) is 89.5 Å². The zero-order valence-corrected chi connectivity index (χ0v) is 19.1. The van der Waals surface area contributed by atoms with E-state index in [2.05, 4.69) is 11.4 Å². The second-order valence-corrected chi connectivity index (χ2v) is 7.39. The van der Waals surface area contributed by atoms with Gasteiger partial charge in [0.1, 0.15) is 0 Å². The molecule has 0 bridgehead atoms. The van der Waals surface area contributed by atoms with Gasteiger partial charge in [-0.2, -0.15) is 5.26 Å². The van der Waals surface area contributed by atoms with Crippen molar-refractivity contribution in [2.24, 2.45) is 0 Å². The van der Waals surface area contributed by atoms with Gasteiger partial charge >= 0.3 is 5.97 Å². The smallest absolute Gasteiger partial charge is 0.339 e. The van der Waals surface area contributed by atoms with Crippen LogP contribution in [0.2, 0.25) is 0 Å². The number of anilines is 1. The molecule has 1 N–H and O–H groups in total. The van der Waals surface area contributed by atoms with Crippen LogP contribution in [-0.2, 0) is 9.53 Å². The number of hydrogen-bond donors (Lipinski definition) is 1. The minimum absolute atomic E-state index is 0.123. The molecule has 0 saturated carbocycles. The highest BCUT2D eigenvalue weighted by atomic mass is 16.5. The van der Waals surface area contributed by atoms with Crippen molar-refractivity contribution in [1.29, 1.82) is 5.26 Å². The number of amides is 2. The van der Waals surface area contributed by atoms with E-state index in [1.165, 1.54) is 0 Å². The number of nitrogens with zero attached hydrogens (tertiary/aromatic N) is 2. The van der Waals surface area contributed by atoms with E-state index in [-0.39, 0.29) is 11.5 Å². The van der Waals surface area contributed by atoms with Crippen LogP contribution in [-0.4, -0.2) is 42.4 Å². The summed E-state index contributed by atoms with van der Waals surface area (Å²) >= 11 is 0. The van der Waals surface area contributed by atoms with Crippen LogP contribution < -0.4 is 5.32 Å². The molecule has 7 nitrogen and oxygen atoms in total. The van der Waals surface area contributed by atoms with Crippen LogP contribution in [0.5, 0.6) is 0 Å². The van der Waals surface area contributed by atoms with Crippen molar-refractivity contribution >= 4 is 23.5 Å². The fourth-order valence-electron chi connectivity index (χ4n) is 3.54. The molecule has 0 aliphatic rings. The number of ether oxygens (including phenoxy) is 1. The summed E-state index contributed by atoms with van der Waals surface area (Å²) in [6.07, 6.45) is 0. The van der Waals surface area contributed by atoms with Gasteiger partial charge in [0.2, 0.25) is 0 Å². The van der Waals surface area contributed by atoms with Gasteiger partial charge in [0.25, 0.3) is 11.8 Å². The molecule has 0 atom stereocenters. The Kier molecular flexibility index (Phi) is 8.14. The number of nitrogens with one attached hydrogen (secondary N) is 1. The molecule has 34 heavy (non-hydrogen) atoms. The molecule has 2 amide bonds. The maximum absolute atomic E-state index is 12.7. The third-order valence-corrected chi connectivity index (χ3v) is 5.26. The van der Waals surface area contributed by atoms with Gasteiger partial charge in [0.15, 0.2) is 6.61 Å². The molecule has 0 radical (unpaired) electrons. The summed E-state index contributed by atoms with van der Waals surface area (Å²) in [5.74, 6) is -1.33. The zero-order valence-electron chi connectivity index (χ0n) is 19.1. The van der Waals surface area contributed by atoms with Gasteiger partial charge in [0.05, 0.1) is 17.2 Å². The Morgan fingerprint density at radius 3 is 2.29 bits per heavy atom. The van der Waals surface area contributed by atoms with Crippen molar-refractivity contribution < 1.29 is 19.1 Å². The van der Waals surface area contributed by atoms with E-state index in [9.17, 15) is 19.6 Å². The Balaban J connectivity index is 1.68. The van der Waals surface area contributed by atoms with Crippen LogP contribution in [0.1, 0.15) is 40.1 Å². The minimum Gasteiger partial charge on any atom is -0.452 e. The van der Waals surface area contributed by atoms with Crippen molar-refractivity contribution in [1.82, 2.24) is 4.90 Å². The Labute approximate surface area is 198 Å². The number of carbonyl (C=O) groups excluding carboxylic acids is 3. The van der Waals surface area contributed by atoms with E-state index in [1.54, 1.807) is 77.7 Å². The Bertz CT molecular complexity index is 1240. The highest BCUT2D eigenvalue weighted by molar-refractivity contribution is 6.01. The van der Waals surface area contributed by atoms with Crippen LogP contribution in [0.25, 0.3) is 11.1 Å². The van der Waals surface area contributed by atoms with Crippen LogP contribution in [0.3, 0.4) is 0 Å². The number of nitriles is 1. The van der Waals surface area contributed by atoms with Gasteiger partial charge in [-0.3, -0.25) is 9.59 Å². The van der Waals surface area contributed by atoms with E-state index in [4.69, 9.17) is 4.74 Å². The van der Waals surface area contributed by atoms with E-state index in [0.717, 1.165) is 0 Å². The predicted octanol–water partition coefficient (Wildman–Crippen LogP) is 4.50. The SMILES string of the molecule is CCN(CC)C(=O)c1cccc(NC(=O)COC(=O)c2ccccc2-c2ccccc2C#N)c1. The minimum atomic E-state index is -0.677. The molecule has 172 valence electrons. The maximum atomic E-state index is 12.7. The molecule has 3 rings (SSSR count). The van der Waals surface area contributed by atoms with Crippen LogP contribution in [0, 0.1) is 11.3 Å². The second-order valence-electron chi connectivity index (χ2n) is 7.39. The van der Waals surface area contributed by atoms with Crippen LogP contribution in [0.4, 0.5) is 5.69 Å². The first-order valence-corrected chi connectivity index (χ1v) is 10.9. The first-order valence-electron chi connectivity index (χ1n) is 10.9. The fraction of sp³-hybridized carbons (Fsp3) is 0.185. The molecule has 0 aliphatic heterocycles. The molecule has 3 aromatic rings. The van der Waals surface area contributed by atoms with Gasteiger partial charge in [0, 0.05) is 29.9 Å². The number of carbonyl (C=O) groups is 3. The first kappa shape index (κ1) is 24.2. The lowest BCUT2D eigenvalue weighted by atomic mass is 9.96. The molecule has 0 aliphatic carbocycles. The molecule has 7 heteroatoms. The van der Waals surface area contributed by atoms with Crippen molar-refractivity contribution in [2.75, 3.05) is 25.0 Å². The topological polar surface area (TPSA) is 99.5 Å². The van der Waals surface area contributed by atoms with E-state index in [1.807, 2.05) is 13.8 Å². The second kappa shape index (κ2) is 11.4. The molecule has 3 aromatic carbocycles. The first-order chi connectivity index (χ1) is 16.5. The van der Waals surface area contributed by atoms with Gasteiger partial charge < -0.3 is 15.0 Å². The van der Waals surface area contributed by atoms with Gasteiger partial charge in [-0.15, -0.1) is 0 Å². The highest BCUT2D eigenvalue weighted by Gasteiger charge is 2.18. The lowest BCUT2D eigenvalue weighted by molar-refractivity contribution is -0.119. The number of esters is 1. The summed E-state index contributed by atoms with van der Waals surface area (Å²) < 4.78 is 5.24. The maximum Gasteiger partial charge on any atom is 0.339 e. The molecular weight excluding hydrogens is 430 g/mol. The van der Waals surface area contributed by atoms with Gasteiger partial charge in [-0.1, -0.05) is 42.5 Å². The molecule has 0 fully saturated rings. The Hall–Kier alpha value is -4.44. The van der Waals surface area contributed by atoms with E-state index >= 15 is 0 Å².